The van der Waals surface area contributed by atoms with Crippen molar-refractivity contribution in [2.75, 3.05) is 6.61 Å². The minimum atomic E-state index is -0.447. The van der Waals surface area contributed by atoms with Crippen LogP contribution >= 0.6 is 0 Å². The zero-order valence-electron chi connectivity index (χ0n) is 12.2. The Labute approximate surface area is 128 Å². The molecular formula is C17H17NO4. The number of benzene rings is 2. The van der Waals surface area contributed by atoms with Crippen LogP contribution in [-0.4, -0.2) is 16.6 Å². The maximum absolute atomic E-state index is 11.1. The lowest BCUT2D eigenvalue weighted by molar-refractivity contribution is -0.385. The summed E-state index contributed by atoms with van der Waals surface area (Å²) >= 11 is 0. The molecule has 5 nitrogen and oxygen atoms in total. The van der Waals surface area contributed by atoms with Crippen molar-refractivity contribution in [1.82, 2.24) is 0 Å². The fourth-order valence-electron chi connectivity index (χ4n) is 1.96. The molecule has 0 aliphatic carbocycles. The van der Waals surface area contributed by atoms with Crippen LogP contribution in [0, 0.1) is 10.1 Å². The van der Waals surface area contributed by atoms with Gasteiger partial charge in [0.05, 0.1) is 17.1 Å². The molecule has 114 valence electrons. The van der Waals surface area contributed by atoms with Crippen LogP contribution in [0.3, 0.4) is 0 Å². The Morgan fingerprint density at radius 1 is 1.27 bits per heavy atom. The van der Waals surface area contributed by atoms with E-state index in [-0.39, 0.29) is 12.3 Å². The molecule has 0 aromatic heterocycles. The second-order valence-electron chi connectivity index (χ2n) is 4.90. The quantitative estimate of drug-likeness (QED) is 0.653. The van der Waals surface area contributed by atoms with Crippen LogP contribution in [0.1, 0.15) is 18.1 Å². The summed E-state index contributed by atoms with van der Waals surface area (Å²) in [6.45, 7) is 1.95. The SMILES string of the molecule is CC(=Cc1cc(OCc2ccccc2)ccc1[N+](=O)[O-])CO. The number of nitrogens with zero attached hydrogens (tertiary/aromatic N) is 1. The first-order valence-electron chi connectivity index (χ1n) is 6.83. The van der Waals surface area contributed by atoms with Gasteiger partial charge in [-0.05, 0) is 36.3 Å². The largest absolute Gasteiger partial charge is 0.489 e. The maximum atomic E-state index is 11.1. The normalized spacial score (nSPS) is 11.3. The first kappa shape index (κ1) is 15.7. The van der Waals surface area contributed by atoms with Crippen molar-refractivity contribution in [3.05, 3.63) is 75.3 Å². The average molecular weight is 299 g/mol. The molecule has 22 heavy (non-hydrogen) atoms. The van der Waals surface area contributed by atoms with E-state index in [2.05, 4.69) is 0 Å². The van der Waals surface area contributed by atoms with Gasteiger partial charge in [-0.1, -0.05) is 30.3 Å². The van der Waals surface area contributed by atoms with E-state index in [4.69, 9.17) is 9.84 Å². The van der Waals surface area contributed by atoms with E-state index >= 15 is 0 Å². The lowest BCUT2D eigenvalue weighted by Crippen LogP contribution is -1.97. The fourth-order valence-corrected chi connectivity index (χ4v) is 1.96. The number of nitro groups is 1. The number of rotatable bonds is 6. The summed E-state index contributed by atoms with van der Waals surface area (Å²) < 4.78 is 5.67. The van der Waals surface area contributed by atoms with Gasteiger partial charge >= 0.3 is 0 Å². The van der Waals surface area contributed by atoms with E-state index in [9.17, 15) is 10.1 Å². The third kappa shape index (κ3) is 4.17. The van der Waals surface area contributed by atoms with Crippen molar-refractivity contribution < 1.29 is 14.8 Å². The minimum Gasteiger partial charge on any atom is -0.489 e. The fraction of sp³-hybridized carbons (Fsp3) is 0.176. The average Bonchev–Trinajstić information content (AvgIpc) is 2.53. The van der Waals surface area contributed by atoms with Crippen LogP contribution < -0.4 is 4.74 Å². The molecule has 0 bridgehead atoms. The van der Waals surface area contributed by atoms with E-state index in [0.717, 1.165) is 5.56 Å². The van der Waals surface area contributed by atoms with E-state index in [1.807, 2.05) is 30.3 Å². The molecule has 0 unspecified atom stereocenters. The first-order chi connectivity index (χ1) is 10.6. The zero-order chi connectivity index (χ0) is 15.9. The van der Waals surface area contributed by atoms with Crippen molar-refractivity contribution in [3.63, 3.8) is 0 Å². The predicted octanol–water partition coefficient (Wildman–Crippen LogP) is 3.57. The molecule has 0 fully saturated rings. The molecule has 2 aromatic carbocycles. The van der Waals surface area contributed by atoms with Gasteiger partial charge in [0.2, 0.25) is 0 Å². The monoisotopic (exact) mass is 299 g/mol. The van der Waals surface area contributed by atoms with Gasteiger partial charge in [0.1, 0.15) is 12.4 Å². The number of aliphatic hydroxyl groups excluding tert-OH is 1. The number of aliphatic hydroxyl groups is 1. The molecule has 2 rings (SSSR count). The molecule has 5 heteroatoms. The predicted molar refractivity (Wildman–Crippen MR) is 84.6 cm³/mol. The highest BCUT2D eigenvalue weighted by Gasteiger charge is 2.13. The van der Waals surface area contributed by atoms with Crippen LogP contribution in [0.15, 0.2) is 54.1 Å². The van der Waals surface area contributed by atoms with E-state index in [1.165, 1.54) is 6.07 Å². The Morgan fingerprint density at radius 3 is 2.64 bits per heavy atom. The van der Waals surface area contributed by atoms with Crippen molar-refractivity contribution in [1.29, 1.82) is 0 Å². The molecule has 1 N–H and O–H groups in total. The highest BCUT2D eigenvalue weighted by atomic mass is 16.6. The molecule has 0 spiro atoms. The Balaban J connectivity index is 2.23. The van der Waals surface area contributed by atoms with Crippen molar-refractivity contribution in [3.8, 4) is 5.75 Å². The molecule has 0 radical (unpaired) electrons. The third-order valence-electron chi connectivity index (χ3n) is 3.10. The summed E-state index contributed by atoms with van der Waals surface area (Å²) in [5.74, 6) is 0.548. The van der Waals surface area contributed by atoms with E-state index in [0.29, 0.717) is 23.5 Å². The maximum Gasteiger partial charge on any atom is 0.276 e. The van der Waals surface area contributed by atoms with Crippen LogP contribution in [0.5, 0.6) is 5.75 Å². The summed E-state index contributed by atoms with van der Waals surface area (Å²) in [6, 6.07) is 14.3. The van der Waals surface area contributed by atoms with Crippen molar-refractivity contribution in [2.24, 2.45) is 0 Å². The highest BCUT2D eigenvalue weighted by molar-refractivity contribution is 5.64. The summed E-state index contributed by atoms with van der Waals surface area (Å²) in [5, 5.41) is 20.1. The first-order valence-corrected chi connectivity index (χ1v) is 6.83. The van der Waals surface area contributed by atoms with Gasteiger partial charge < -0.3 is 9.84 Å². The summed E-state index contributed by atoms with van der Waals surface area (Å²) in [6.07, 6.45) is 1.59. The van der Waals surface area contributed by atoms with Gasteiger partial charge in [0.25, 0.3) is 5.69 Å². The van der Waals surface area contributed by atoms with Gasteiger partial charge in [-0.15, -0.1) is 0 Å². The third-order valence-corrected chi connectivity index (χ3v) is 3.10. The van der Waals surface area contributed by atoms with Crippen molar-refractivity contribution >= 4 is 11.8 Å². The van der Waals surface area contributed by atoms with Crippen LogP contribution in [0.25, 0.3) is 6.08 Å². The summed E-state index contributed by atoms with van der Waals surface area (Å²) in [7, 11) is 0. The van der Waals surface area contributed by atoms with E-state index < -0.39 is 4.92 Å². The molecule has 0 amide bonds. The van der Waals surface area contributed by atoms with Crippen LogP contribution in [0.4, 0.5) is 5.69 Å². The number of nitro benzene ring substituents is 1. The lowest BCUT2D eigenvalue weighted by Gasteiger charge is -2.08. The van der Waals surface area contributed by atoms with Gasteiger partial charge in [-0.25, -0.2) is 0 Å². The Kier molecular flexibility index (Phi) is 5.27. The van der Waals surface area contributed by atoms with Crippen LogP contribution in [-0.2, 0) is 6.61 Å². The number of hydrogen-bond acceptors (Lipinski definition) is 4. The lowest BCUT2D eigenvalue weighted by atomic mass is 10.1. The molecule has 0 heterocycles. The van der Waals surface area contributed by atoms with Crippen LogP contribution in [0.2, 0.25) is 0 Å². The molecular weight excluding hydrogens is 282 g/mol. The Bertz CT molecular complexity index is 680. The highest BCUT2D eigenvalue weighted by Crippen LogP contribution is 2.26. The second kappa shape index (κ2) is 7.38. The zero-order valence-corrected chi connectivity index (χ0v) is 12.2. The van der Waals surface area contributed by atoms with Gasteiger partial charge in [-0.3, -0.25) is 10.1 Å². The smallest absolute Gasteiger partial charge is 0.276 e. The summed E-state index contributed by atoms with van der Waals surface area (Å²) in [4.78, 5) is 10.6. The minimum absolute atomic E-state index is 0.0140. The molecule has 0 atom stereocenters. The Hall–Kier alpha value is -2.66. The van der Waals surface area contributed by atoms with Gasteiger partial charge in [0.15, 0.2) is 0 Å². The summed E-state index contributed by atoms with van der Waals surface area (Å²) in [5.41, 5.74) is 2.06. The van der Waals surface area contributed by atoms with Gasteiger partial charge in [0, 0.05) is 6.07 Å². The second-order valence-corrected chi connectivity index (χ2v) is 4.90. The Morgan fingerprint density at radius 2 is 2.00 bits per heavy atom. The topological polar surface area (TPSA) is 72.6 Å². The molecule has 0 saturated carbocycles. The molecule has 0 aliphatic heterocycles. The number of hydrogen-bond donors (Lipinski definition) is 1. The standard InChI is InChI=1S/C17H17NO4/c1-13(11-19)9-15-10-16(7-8-17(15)18(20)21)22-12-14-5-3-2-4-6-14/h2-10,19H,11-12H2,1H3. The van der Waals surface area contributed by atoms with Gasteiger partial charge in [-0.2, -0.15) is 0 Å². The number of ether oxygens (including phenoxy) is 1. The molecule has 0 saturated heterocycles. The van der Waals surface area contributed by atoms with E-state index in [1.54, 1.807) is 25.1 Å². The molecule has 0 aliphatic rings. The molecule has 2 aromatic rings. The van der Waals surface area contributed by atoms with Crippen molar-refractivity contribution in [2.45, 2.75) is 13.5 Å².